The van der Waals surface area contributed by atoms with E-state index < -0.39 is 11.9 Å². The van der Waals surface area contributed by atoms with Gasteiger partial charge in [-0.1, -0.05) is 48.6 Å². The molecular weight excluding hydrogens is 525 g/mol. The molecular formula is C33H32FNO6. The van der Waals surface area contributed by atoms with Crippen LogP contribution in [0.1, 0.15) is 35.2 Å². The van der Waals surface area contributed by atoms with Gasteiger partial charge >= 0.3 is 11.9 Å². The molecule has 0 bridgehead atoms. The molecule has 0 aliphatic heterocycles. The summed E-state index contributed by atoms with van der Waals surface area (Å²) in [6, 6.07) is 19.4. The average Bonchev–Trinajstić information content (AvgIpc) is 3.20. The van der Waals surface area contributed by atoms with Gasteiger partial charge in [0.2, 0.25) is 0 Å². The molecule has 0 atom stereocenters. The van der Waals surface area contributed by atoms with Gasteiger partial charge in [-0.15, -0.1) is 0 Å². The van der Waals surface area contributed by atoms with Crippen LogP contribution in [0, 0.1) is 12.7 Å². The first-order valence-corrected chi connectivity index (χ1v) is 13.3. The number of benzene rings is 3. The zero-order valence-corrected chi connectivity index (χ0v) is 22.8. The van der Waals surface area contributed by atoms with E-state index in [1.165, 1.54) is 12.1 Å². The zero-order valence-electron chi connectivity index (χ0n) is 22.8. The highest BCUT2D eigenvalue weighted by Gasteiger charge is 2.18. The number of hydrogen-bond donors (Lipinski definition) is 2. The molecule has 0 spiro atoms. The van der Waals surface area contributed by atoms with E-state index in [4.69, 9.17) is 14.6 Å². The minimum absolute atomic E-state index is 0.0611. The number of nitrogens with zero attached hydrogens (tertiary/aromatic N) is 1. The number of aryl methyl sites for hydroxylation is 1. The summed E-state index contributed by atoms with van der Waals surface area (Å²) in [5.74, 6) is -0.952. The summed E-state index contributed by atoms with van der Waals surface area (Å²) in [6.45, 7) is 2.38. The molecule has 0 fully saturated rings. The molecule has 4 aromatic rings. The van der Waals surface area contributed by atoms with Crippen LogP contribution in [0.2, 0.25) is 0 Å². The lowest BCUT2D eigenvalue weighted by Crippen LogP contribution is -2.10. The molecule has 0 amide bonds. The molecule has 0 radical (unpaired) electrons. The number of para-hydroxylation sites is 1. The van der Waals surface area contributed by atoms with Crippen LogP contribution in [0.5, 0.6) is 11.5 Å². The summed E-state index contributed by atoms with van der Waals surface area (Å²) >= 11 is 0. The second kappa shape index (κ2) is 14.0. The number of carboxylic acid groups (broad SMARTS) is 2. The lowest BCUT2D eigenvalue weighted by atomic mass is 10.0. The Labute approximate surface area is 237 Å². The maximum atomic E-state index is 13.2. The summed E-state index contributed by atoms with van der Waals surface area (Å²) in [6.07, 6.45) is 8.66. The summed E-state index contributed by atoms with van der Waals surface area (Å²) in [7, 11) is 0. The van der Waals surface area contributed by atoms with Gasteiger partial charge in [0.05, 0.1) is 5.52 Å². The Bertz CT molecular complexity index is 1570. The van der Waals surface area contributed by atoms with Crippen LogP contribution in [-0.2, 0) is 22.6 Å². The third kappa shape index (κ3) is 8.08. The second-order valence-electron chi connectivity index (χ2n) is 9.49. The normalized spacial score (nSPS) is 11.5. The number of aromatic nitrogens is 1. The first-order valence-electron chi connectivity index (χ1n) is 13.3. The van der Waals surface area contributed by atoms with Crippen molar-refractivity contribution in [1.29, 1.82) is 0 Å². The van der Waals surface area contributed by atoms with E-state index >= 15 is 0 Å². The van der Waals surface area contributed by atoms with Gasteiger partial charge in [-0.3, -0.25) is 9.59 Å². The van der Waals surface area contributed by atoms with Gasteiger partial charge in [-0.25, -0.2) is 4.39 Å². The zero-order chi connectivity index (χ0) is 29.2. The van der Waals surface area contributed by atoms with Crippen LogP contribution in [0.4, 0.5) is 4.39 Å². The topological polar surface area (TPSA) is 98.0 Å². The van der Waals surface area contributed by atoms with Crippen molar-refractivity contribution in [1.82, 2.24) is 4.57 Å². The Morgan fingerprint density at radius 2 is 1.59 bits per heavy atom. The van der Waals surface area contributed by atoms with E-state index in [0.29, 0.717) is 37.6 Å². The van der Waals surface area contributed by atoms with Crippen LogP contribution in [0.3, 0.4) is 0 Å². The largest absolute Gasteiger partial charge is 0.490 e. The Kier molecular flexibility index (Phi) is 9.94. The Hall–Kier alpha value is -4.85. The number of halogens is 1. The molecule has 0 aliphatic rings. The maximum Gasteiger partial charge on any atom is 0.323 e. The molecule has 2 N–H and O–H groups in total. The lowest BCUT2D eigenvalue weighted by molar-refractivity contribution is -0.138. The minimum atomic E-state index is -0.939. The van der Waals surface area contributed by atoms with Crippen LogP contribution >= 0.6 is 0 Å². The quantitative estimate of drug-likeness (QED) is 0.131. The molecule has 1 heterocycles. The summed E-state index contributed by atoms with van der Waals surface area (Å²) in [5, 5.41) is 19.5. The van der Waals surface area contributed by atoms with E-state index in [-0.39, 0.29) is 18.8 Å². The third-order valence-electron chi connectivity index (χ3n) is 6.61. The first kappa shape index (κ1) is 29.1. The SMILES string of the molecule is Cc1c(CCCC(=O)O)c2cccc(/C=C/c3ccc(OC/C=C/COc4cccc(F)c4)cc3)c2n1CC(=O)O. The fourth-order valence-electron chi connectivity index (χ4n) is 4.67. The Balaban J connectivity index is 1.41. The Morgan fingerprint density at radius 3 is 2.27 bits per heavy atom. The molecule has 41 heavy (non-hydrogen) atoms. The molecule has 0 saturated carbocycles. The number of ether oxygens (including phenoxy) is 2. The maximum absolute atomic E-state index is 13.2. The molecule has 0 aliphatic carbocycles. The predicted molar refractivity (Wildman–Crippen MR) is 157 cm³/mol. The highest BCUT2D eigenvalue weighted by Crippen LogP contribution is 2.31. The van der Waals surface area contributed by atoms with Crippen molar-refractivity contribution in [3.8, 4) is 11.5 Å². The number of aliphatic carboxylic acids is 2. The van der Waals surface area contributed by atoms with Crippen molar-refractivity contribution in [2.45, 2.75) is 32.7 Å². The van der Waals surface area contributed by atoms with Gasteiger partial charge in [-0.05, 0) is 72.9 Å². The Morgan fingerprint density at radius 1 is 0.878 bits per heavy atom. The van der Waals surface area contributed by atoms with Crippen LogP contribution < -0.4 is 9.47 Å². The van der Waals surface area contributed by atoms with Gasteiger partial charge in [0.1, 0.15) is 37.1 Å². The molecule has 0 saturated heterocycles. The van der Waals surface area contributed by atoms with Crippen molar-refractivity contribution in [2.75, 3.05) is 13.2 Å². The van der Waals surface area contributed by atoms with Crippen LogP contribution in [0.15, 0.2) is 78.9 Å². The van der Waals surface area contributed by atoms with Gasteiger partial charge < -0.3 is 24.3 Å². The third-order valence-corrected chi connectivity index (χ3v) is 6.61. The number of carboxylic acids is 2. The van der Waals surface area contributed by atoms with Crippen molar-refractivity contribution in [2.24, 2.45) is 0 Å². The molecule has 7 nitrogen and oxygen atoms in total. The molecule has 4 rings (SSSR count). The van der Waals surface area contributed by atoms with Gasteiger partial charge in [0, 0.05) is 23.6 Å². The van der Waals surface area contributed by atoms with Gasteiger partial charge in [0.15, 0.2) is 0 Å². The summed E-state index contributed by atoms with van der Waals surface area (Å²) < 4.78 is 26.2. The number of hydrogen-bond acceptors (Lipinski definition) is 4. The second-order valence-corrected chi connectivity index (χ2v) is 9.49. The van der Waals surface area contributed by atoms with Crippen molar-refractivity contribution < 1.29 is 33.7 Å². The number of fused-ring (bicyclic) bond motifs is 1. The summed E-state index contributed by atoms with van der Waals surface area (Å²) in [5.41, 5.74) is 4.46. The minimum Gasteiger partial charge on any atom is -0.490 e. The van der Waals surface area contributed by atoms with Crippen LogP contribution in [-0.4, -0.2) is 39.9 Å². The molecule has 1 aromatic heterocycles. The molecule has 8 heteroatoms. The molecule has 3 aromatic carbocycles. The van der Waals surface area contributed by atoms with Gasteiger partial charge in [0.25, 0.3) is 0 Å². The van der Waals surface area contributed by atoms with Crippen molar-refractivity contribution in [3.05, 3.63) is 107 Å². The van der Waals surface area contributed by atoms with E-state index in [2.05, 4.69) is 0 Å². The average molecular weight is 558 g/mol. The van der Waals surface area contributed by atoms with E-state index in [9.17, 15) is 19.1 Å². The number of carbonyl (C=O) groups is 2. The molecule has 0 unspecified atom stereocenters. The fraction of sp³-hybridized carbons (Fsp3) is 0.212. The standard InChI is InChI=1S/C33H32FNO6/c1-23-29(10-6-12-31(36)37)30-11-4-7-25(33(30)35(23)22-32(38)39)16-13-24-14-17-27(18-15-24)40-19-2-3-20-41-28-9-5-8-26(34)21-28/h2-5,7-9,11,13-18,21H,6,10,12,19-20,22H2,1H3,(H,36,37)(H,38,39)/b3-2+,16-13+. The lowest BCUT2D eigenvalue weighted by Gasteiger charge is -2.08. The number of rotatable bonds is 14. The van der Waals surface area contributed by atoms with Crippen molar-refractivity contribution >= 4 is 35.0 Å². The smallest absolute Gasteiger partial charge is 0.323 e. The summed E-state index contributed by atoms with van der Waals surface area (Å²) in [4.78, 5) is 22.7. The van der Waals surface area contributed by atoms with Gasteiger partial charge in [-0.2, -0.15) is 0 Å². The highest BCUT2D eigenvalue weighted by molar-refractivity contribution is 5.95. The monoisotopic (exact) mass is 557 g/mol. The first-order chi connectivity index (χ1) is 19.8. The van der Waals surface area contributed by atoms with E-state index in [1.807, 2.05) is 73.7 Å². The van der Waals surface area contributed by atoms with E-state index in [0.717, 1.165) is 33.3 Å². The van der Waals surface area contributed by atoms with E-state index in [1.54, 1.807) is 16.7 Å². The fourth-order valence-corrected chi connectivity index (χ4v) is 4.67. The predicted octanol–water partition coefficient (Wildman–Crippen LogP) is 6.77. The molecule has 212 valence electrons. The highest BCUT2D eigenvalue weighted by atomic mass is 19.1. The van der Waals surface area contributed by atoms with Crippen LogP contribution in [0.25, 0.3) is 23.1 Å². The van der Waals surface area contributed by atoms with Crippen molar-refractivity contribution in [3.63, 3.8) is 0 Å².